The summed E-state index contributed by atoms with van der Waals surface area (Å²) in [7, 11) is 1.52. The standard InChI is InChI=1S/C33H31Cl2N3O4/c1-33(2,3)42-32(40)37-18-21-12-14-26(38-31(21)41-4)25-9-6-8-23(28(25)34)24-15-16-36-30(29(24)35)20-11-13-22-19(17-20)7-5-10-27(22)39/h6,8-9,11-17H,5,7,10,18H2,1-4H3,(H,37,40). The molecule has 0 unspecified atom stereocenters. The lowest BCUT2D eigenvalue weighted by Gasteiger charge is -2.20. The summed E-state index contributed by atoms with van der Waals surface area (Å²) >= 11 is 13.9. The van der Waals surface area contributed by atoms with Gasteiger partial charge in [0, 0.05) is 46.0 Å². The van der Waals surface area contributed by atoms with E-state index in [-0.39, 0.29) is 12.3 Å². The van der Waals surface area contributed by atoms with Crippen LogP contribution in [0.2, 0.25) is 10.0 Å². The van der Waals surface area contributed by atoms with Crippen molar-refractivity contribution >= 4 is 35.1 Å². The summed E-state index contributed by atoms with van der Waals surface area (Å²) in [6.07, 6.45) is 3.47. The third kappa shape index (κ3) is 6.27. The number of methoxy groups -OCH3 is 1. The molecule has 0 radical (unpaired) electrons. The van der Waals surface area contributed by atoms with Crippen LogP contribution in [0.3, 0.4) is 0 Å². The number of nitrogens with zero attached hydrogens (tertiary/aromatic N) is 2. The molecule has 2 aromatic carbocycles. The first-order chi connectivity index (χ1) is 20.1. The third-order valence-electron chi connectivity index (χ3n) is 6.94. The Balaban J connectivity index is 1.45. The smallest absolute Gasteiger partial charge is 0.407 e. The van der Waals surface area contributed by atoms with Crippen molar-refractivity contribution in [3.05, 3.63) is 87.5 Å². The fourth-order valence-electron chi connectivity index (χ4n) is 5.00. The molecule has 0 bridgehead atoms. The first-order valence-corrected chi connectivity index (χ1v) is 14.4. The molecule has 4 aromatic rings. The van der Waals surface area contributed by atoms with Gasteiger partial charge in [-0.25, -0.2) is 9.78 Å². The van der Waals surface area contributed by atoms with Crippen molar-refractivity contribution in [2.75, 3.05) is 7.11 Å². The number of hydrogen-bond acceptors (Lipinski definition) is 6. The Morgan fingerprint density at radius 2 is 1.71 bits per heavy atom. The van der Waals surface area contributed by atoms with E-state index in [9.17, 15) is 9.59 Å². The molecule has 5 rings (SSSR count). The normalized spacial score (nSPS) is 13.0. The van der Waals surface area contributed by atoms with Gasteiger partial charge in [0.2, 0.25) is 5.88 Å². The Bertz CT molecular complexity index is 1680. The lowest BCUT2D eigenvalue weighted by atomic mass is 9.88. The molecule has 216 valence electrons. The summed E-state index contributed by atoms with van der Waals surface area (Å²) in [5, 5.41) is 3.67. The second-order valence-corrected chi connectivity index (χ2v) is 11.8. The number of halogens is 2. The maximum Gasteiger partial charge on any atom is 0.407 e. The highest BCUT2D eigenvalue weighted by molar-refractivity contribution is 6.39. The third-order valence-corrected chi connectivity index (χ3v) is 7.73. The summed E-state index contributed by atoms with van der Waals surface area (Å²) in [6, 6.07) is 16.9. The molecule has 42 heavy (non-hydrogen) atoms. The van der Waals surface area contributed by atoms with Crippen LogP contribution in [-0.4, -0.2) is 34.6 Å². The molecule has 1 aliphatic carbocycles. The quantitative estimate of drug-likeness (QED) is 0.238. The van der Waals surface area contributed by atoms with Crippen molar-refractivity contribution in [1.82, 2.24) is 15.3 Å². The van der Waals surface area contributed by atoms with Crippen molar-refractivity contribution in [3.63, 3.8) is 0 Å². The minimum Gasteiger partial charge on any atom is -0.481 e. The van der Waals surface area contributed by atoms with E-state index in [2.05, 4.69) is 15.3 Å². The second kappa shape index (κ2) is 12.1. The topological polar surface area (TPSA) is 90.4 Å². The van der Waals surface area contributed by atoms with Gasteiger partial charge in [-0.2, -0.15) is 0 Å². The average Bonchev–Trinajstić information content (AvgIpc) is 2.95. The molecule has 0 fully saturated rings. The molecular weight excluding hydrogens is 573 g/mol. The molecular formula is C33H31Cl2N3O4. The Morgan fingerprint density at radius 3 is 2.48 bits per heavy atom. The van der Waals surface area contributed by atoms with E-state index in [1.807, 2.05) is 54.6 Å². The van der Waals surface area contributed by atoms with E-state index in [1.54, 1.807) is 27.0 Å². The van der Waals surface area contributed by atoms with Crippen LogP contribution < -0.4 is 10.1 Å². The zero-order chi connectivity index (χ0) is 30.0. The van der Waals surface area contributed by atoms with Gasteiger partial charge in [-0.1, -0.05) is 53.5 Å². The number of ether oxygens (including phenoxy) is 2. The van der Waals surface area contributed by atoms with E-state index in [1.165, 1.54) is 7.11 Å². The number of carbonyl (C=O) groups is 2. The number of aryl methyl sites for hydroxylation is 1. The lowest BCUT2D eigenvalue weighted by molar-refractivity contribution is 0.0523. The number of hydrogen-bond donors (Lipinski definition) is 1. The van der Waals surface area contributed by atoms with Gasteiger partial charge in [0.05, 0.1) is 35.1 Å². The van der Waals surface area contributed by atoms with E-state index in [4.69, 9.17) is 32.7 Å². The van der Waals surface area contributed by atoms with Crippen LogP contribution in [0.25, 0.3) is 33.6 Å². The van der Waals surface area contributed by atoms with Crippen molar-refractivity contribution in [3.8, 4) is 39.5 Å². The maximum absolute atomic E-state index is 12.3. The maximum atomic E-state index is 12.3. The molecule has 0 saturated heterocycles. The van der Waals surface area contributed by atoms with E-state index >= 15 is 0 Å². The zero-order valence-electron chi connectivity index (χ0n) is 23.9. The zero-order valence-corrected chi connectivity index (χ0v) is 25.4. The highest BCUT2D eigenvalue weighted by atomic mass is 35.5. The van der Waals surface area contributed by atoms with Gasteiger partial charge in [0.25, 0.3) is 0 Å². The molecule has 1 aliphatic rings. The van der Waals surface area contributed by atoms with Crippen molar-refractivity contribution in [1.29, 1.82) is 0 Å². The largest absolute Gasteiger partial charge is 0.481 e. The van der Waals surface area contributed by atoms with Gasteiger partial charge in [0.1, 0.15) is 5.60 Å². The monoisotopic (exact) mass is 603 g/mol. The van der Waals surface area contributed by atoms with Crippen LogP contribution in [0.15, 0.2) is 60.8 Å². The first kappa shape index (κ1) is 29.5. The Morgan fingerprint density at radius 1 is 0.952 bits per heavy atom. The van der Waals surface area contributed by atoms with Gasteiger partial charge < -0.3 is 14.8 Å². The molecule has 2 aromatic heterocycles. The molecule has 1 N–H and O–H groups in total. The Labute approximate surface area is 255 Å². The van der Waals surface area contributed by atoms with Gasteiger partial charge >= 0.3 is 6.09 Å². The number of benzene rings is 2. The predicted molar refractivity (Wildman–Crippen MR) is 165 cm³/mol. The number of rotatable bonds is 6. The second-order valence-electron chi connectivity index (χ2n) is 11.1. The SMILES string of the molecule is COc1nc(-c2cccc(-c3ccnc(-c4ccc5c(c4)CCCC5=O)c3Cl)c2Cl)ccc1CNC(=O)OC(C)(C)C. The summed E-state index contributed by atoms with van der Waals surface area (Å²) in [5.41, 5.74) is 6.12. The van der Waals surface area contributed by atoms with Crippen LogP contribution >= 0.6 is 23.2 Å². The van der Waals surface area contributed by atoms with Crippen LogP contribution in [0, 0.1) is 0 Å². The highest BCUT2D eigenvalue weighted by Gasteiger charge is 2.21. The molecule has 0 spiro atoms. The van der Waals surface area contributed by atoms with Gasteiger partial charge in [-0.3, -0.25) is 9.78 Å². The molecule has 7 nitrogen and oxygen atoms in total. The van der Waals surface area contributed by atoms with Crippen molar-refractivity contribution < 1.29 is 19.1 Å². The van der Waals surface area contributed by atoms with Gasteiger partial charge in [-0.15, -0.1) is 0 Å². The van der Waals surface area contributed by atoms with Gasteiger partial charge in [-0.05, 0) is 63.4 Å². The molecule has 0 aliphatic heterocycles. The fraction of sp³-hybridized carbons (Fsp3) is 0.273. The highest BCUT2D eigenvalue weighted by Crippen LogP contribution is 2.42. The minimum absolute atomic E-state index is 0.178. The Kier molecular flexibility index (Phi) is 8.53. The summed E-state index contributed by atoms with van der Waals surface area (Å²) < 4.78 is 10.8. The summed E-state index contributed by atoms with van der Waals surface area (Å²) in [4.78, 5) is 33.7. The van der Waals surface area contributed by atoms with E-state index < -0.39 is 11.7 Å². The molecule has 1 amide bonds. The molecule has 2 heterocycles. The van der Waals surface area contributed by atoms with Crippen LogP contribution in [-0.2, 0) is 17.7 Å². The van der Waals surface area contributed by atoms with Crippen molar-refractivity contribution in [2.24, 2.45) is 0 Å². The number of Topliss-reactive ketones (excluding diaryl/α,β-unsaturated/α-hetero) is 1. The van der Waals surface area contributed by atoms with Crippen LogP contribution in [0.5, 0.6) is 5.88 Å². The number of pyridine rings is 2. The average molecular weight is 605 g/mol. The summed E-state index contributed by atoms with van der Waals surface area (Å²) in [6.45, 7) is 5.60. The number of ketones is 1. The van der Waals surface area contributed by atoms with E-state index in [0.717, 1.165) is 40.7 Å². The fourth-order valence-corrected chi connectivity index (χ4v) is 5.64. The lowest BCUT2D eigenvalue weighted by Crippen LogP contribution is -2.32. The van der Waals surface area contributed by atoms with Crippen molar-refractivity contribution in [2.45, 2.75) is 52.2 Å². The number of fused-ring (bicyclic) bond motifs is 1. The number of nitrogens with one attached hydrogen (secondary N) is 1. The first-order valence-electron chi connectivity index (χ1n) is 13.7. The number of alkyl carbamates (subject to hydrolysis) is 1. The van der Waals surface area contributed by atoms with Gasteiger partial charge in [0.15, 0.2) is 5.78 Å². The number of amides is 1. The predicted octanol–water partition coefficient (Wildman–Crippen LogP) is 8.34. The number of carbonyl (C=O) groups excluding carboxylic acids is 2. The van der Waals surface area contributed by atoms with Crippen LogP contribution in [0.1, 0.15) is 55.1 Å². The number of aromatic nitrogens is 2. The Hall–Kier alpha value is -3.94. The summed E-state index contributed by atoms with van der Waals surface area (Å²) in [5.74, 6) is 0.539. The molecule has 9 heteroatoms. The van der Waals surface area contributed by atoms with Crippen LogP contribution in [0.4, 0.5) is 4.79 Å². The minimum atomic E-state index is -0.600. The van der Waals surface area contributed by atoms with E-state index in [0.29, 0.717) is 44.9 Å². The molecule has 0 atom stereocenters. The molecule has 0 saturated carbocycles.